The molecular formula is C56H32N2O3S. The van der Waals surface area contributed by atoms with E-state index in [1.165, 1.54) is 0 Å². The Kier molecular flexibility index (Phi) is 7.48. The first-order valence-electron chi connectivity index (χ1n) is 20.7. The van der Waals surface area contributed by atoms with Crippen molar-refractivity contribution in [3.63, 3.8) is 0 Å². The standard InChI is InChI=1S/C56H32N2O3S/c59-55-42-24-22-37(58-47-29-35(33-11-3-1-4-12-33)19-27-51(47)62-52-28-20-36(30-48(52)58)34-13-5-2-6-14-34)31-43(42)41-26-25-40-39-23-21-38(32-44(39)56(60)53(40)54(41)55)57-45-15-7-9-17-49(45)61-50-18-10-8-16-46(50)57/h1-32H. The lowest BCUT2D eigenvalue weighted by Crippen LogP contribution is -2.15. The fraction of sp³-hybridized carbons (Fsp3) is 0. The fourth-order valence-electron chi connectivity index (χ4n) is 9.67. The van der Waals surface area contributed by atoms with Crippen LogP contribution in [0.1, 0.15) is 0 Å². The molecule has 0 atom stereocenters. The first-order valence-corrected chi connectivity index (χ1v) is 21.5. The number of hydrogen-bond acceptors (Lipinski definition) is 6. The largest absolute Gasteiger partial charge is 0.453 e. The average molecular weight is 813 g/mol. The maximum atomic E-state index is 14.8. The van der Waals surface area contributed by atoms with Crippen LogP contribution in [0.25, 0.3) is 65.3 Å². The Bertz CT molecular complexity index is 3630. The minimum absolute atomic E-state index is 0.122. The molecule has 11 aromatic rings. The molecule has 0 unspecified atom stereocenters. The highest BCUT2D eigenvalue weighted by atomic mass is 32.2. The van der Waals surface area contributed by atoms with Gasteiger partial charge < -0.3 is 14.5 Å². The Balaban J connectivity index is 0.999. The Morgan fingerprint density at radius 1 is 0.339 bits per heavy atom. The lowest BCUT2D eigenvalue weighted by atomic mass is 10.0. The van der Waals surface area contributed by atoms with Gasteiger partial charge in [0.2, 0.25) is 0 Å². The molecule has 11 aromatic carbocycles. The van der Waals surface area contributed by atoms with Crippen LogP contribution in [0.15, 0.2) is 214 Å². The topological polar surface area (TPSA) is 49.9 Å². The third-order valence-electron chi connectivity index (χ3n) is 12.5. The predicted octanol–water partition coefficient (Wildman–Crippen LogP) is 14.7. The molecule has 0 bridgehead atoms. The molecule has 0 spiro atoms. The minimum Gasteiger partial charge on any atom is -0.453 e. The summed E-state index contributed by atoms with van der Waals surface area (Å²) >= 11 is 1.77. The van der Waals surface area contributed by atoms with E-state index in [9.17, 15) is 9.59 Å². The highest BCUT2D eigenvalue weighted by molar-refractivity contribution is 7.99. The monoisotopic (exact) mass is 812 g/mol. The Morgan fingerprint density at radius 2 is 0.790 bits per heavy atom. The molecule has 0 saturated heterocycles. The summed E-state index contributed by atoms with van der Waals surface area (Å²) < 4.78 is 6.27. The molecule has 2 heterocycles. The summed E-state index contributed by atoms with van der Waals surface area (Å²) in [4.78, 5) is 36.1. The van der Waals surface area contributed by atoms with Gasteiger partial charge in [-0.1, -0.05) is 127 Å². The van der Waals surface area contributed by atoms with Gasteiger partial charge in [0, 0.05) is 42.7 Å². The Labute approximate surface area is 360 Å². The van der Waals surface area contributed by atoms with Crippen LogP contribution in [-0.2, 0) is 0 Å². The molecule has 0 aromatic heterocycles. The summed E-state index contributed by atoms with van der Waals surface area (Å²) in [5, 5.41) is 5.38. The first kappa shape index (κ1) is 34.9. The molecule has 0 saturated carbocycles. The van der Waals surface area contributed by atoms with Crippen LogP contribution in [0, 0.1) is 0 Å². The maximum Gasteiger partial charge on any atom is 0.195 e. The summed E-state index contributed by atoms with van der Waals surface area (Å²) in [6, 6.07) is 66.3. The summed E-state index contributed by atoms with van der Waals surface area (Å²) in [5.41, 5.74) is 9.97. The lowest BCUT2D eigenvalue weighted by Gasteiger charge is -2.34. The van der Waals surface area contributed by atoms with Crippen molar-refractivity contribution in [2.75, 3.05) is 9.80 Å². The van der Waals surface area contributed by atoms with Gasteiger partial charge in [-0.25, -0.2) is 0 Å². The van der Waals surface area contributed by atoms with Gasteiger partial charge in [-0.2, -0.15) is 0 Å². The summed E-state index contributed by atoms with van der Waals surface area (Å²) in [6.07, 6.45) is 0. The molecule has 0 aliphatic carbocycles. The Hall–Kier alpha value is -7.93. The molecule has 5 nitrogen and oxygen atoms in total. The van der Waals surface area contributed by atoms with Crippen molar-refractivity contribution in [1.29, 1.82) is 0 Å². The van der Waals surface area contributed by atoms with Crippen molar-refractivity contribution in [2.45, 2.75) is 9.79 Å². The molecule has 0 amide bonds. The van der Waals surface area contributed by atoms with Crippen LogP contribution in [0.4, 0.5) is 34.1 Å². The molecular weight excluding hydrogens is 781 g/mol. The number of fused-ring (bicyclic) bond motifs is 11. The van der Waals surface area contributed by atoms with Gasteiger partial charge >= 0.3 is 0 Å². The van der Waals surface area contributed by atoms with Crippen LogP contribution in [0.5, 0.6) is 11.5 Å². The van der Waals surface area contributed by atoms with Gasteiger partial charge in [0.25, 0.3) is 0 Å². The first-order chi connectivity index (χ1) is 30.6. The second-order valence-corrected chi connectivity index (χ2v) is 17.0. The van der Waals surface area contributed by atoms with Gasteiger partial charge in [0.15, 0.2) is 22.4 Å². The summed E-state index contributed by atoms with van der Waals surface area (Å²) in [6.45, 7) is 0. The number of rotatable bonds is 4. The normalized spacial score (nSPS) is 13.0. The van der Waals surface area contributed by atoms with Crippen LogP contribution in [0.3, 0.4) is 0 Å². The number of anilines is 6. The summed E-state index contributed by atoms with van der Waals surface area (Å²) in [7, 11) is 0. The second-order valence-electron chi connectivity index (χ2n) is 15.9. The van der Waals surface area contributed by atoms with Crippen molar-refractivity contribution >= 4 is 89.0 Å². The lowest BCUT2D eigenvalue weighted by molar-refractivity contribution is 0.477. The third-order valence-corrected chi connectivity index (χ3v) is 13.6. The van der Waals surface area contributed by atoms with Crippen molar-refractivity contribution in [3.05, 3.63) is 215 Å². The molecule has 290 valence electrons. The number of ether oxygens (including phenoxy) is 1. The van der Waals surface area contributed by atoms with E-state index < -0.39 is 0 Å². The van der Waals surface area contributed by atoms with Crippen molar-refractivity contribution in [2.24, 2.45) is 0 Å². The molecule has 0 fully saturated rings. The maximum absolute atomic E-state index is 14.8. The molecule has 62 heavy (non-hydrogen) atoms. The SMILES string of the molecule is O=c1c2cc(N3c4ccccc4Oc4ccccc43)ccc2c2ccc3c4cc(N5c6cc(-c7ccccc7)ccc6Sc6ccc(-c7ccccc7)cc65)ccc4c(=O)c3c12. The van der Waals surface area contributed by atoms with E-state index in [-0.39, 0.29) is 10.9 Å². The summed E-state index contributed by atoms with van der Waals surface area (Å²) in [5.74, 6) is 1.48. The van der Waals surface area contributed by atoms with Gasteiger partial charge in [-0.15, -0.1) is 0 Å². The number of para-hydroxylation sites is 4. The zero-order chi connectivity index (χ0) is 41.1. The average Bonchev–Trinajstić information content (AvgIpc) is 3.78. The van der Waals surface area contributed by atoms with Gasteiger partial charge in [-0.3, -0.25) is 9.59 Å². The van der Waals surface area contributed by atoms with E-state index in [0.29, 0.717) is 21.5 Å². The van der Waals surface area contributed by atoms with Crippen LogP contribution in [0.2, 0.25) is 0 Å². The molecule has 6 heteroatoms. The smallest absolute Gasteiger partial charge is 0.195 e. The van der Waals surface area contributed by atoms with E-state index >= 15 is 0 Å². The molecule has 0 N–H and O–H groups in total. The van der Waals surface area contributed by atoms with Gasteiger partial charge in [-0.05, 0) is 123 Å². The highest BCUT2D eigenvalue weighted by Crippen LogP contribution is 2.54. The molecule has 0 radical (unpaired) electrons. The van der Waals surface area contributed by atoms with E-state index in [1.54, 1.807) is 11.8 Å². The zero-order valence-corrected chi connectivity index (χ0v) is 33.8. The van der Waals surface area contributed by atoms with Gasteiger partial charge in [0.1, 0.15) is 0 Å². The van der Waals surface area contributed by atoms with Crippen LogP contribution >= 0.6 is 11.8 Å². The number of nitrogens with zero attached hydrogens (tertiary/aromatic N) is 2. The zero-order valence-electron chi connectivity index (χ0n) is 33.0. The molecule has 2 aliphatic rings. The van der Waals surface area contributed by atoms with E-state index in [1.807, 2.05) is 91.0 Å². The fourth-order valence-corrected chi connectivity index (χ4v) is 10.7. The number of benzene rings is 9. The molecule has 2 aliphatic heterocycles. The quantitative estimate of drug-likeness (QED) is 0.176. The second kappa shape index (κ2) is 13.3. The minimum atomic E-state index is -0.136. The third kappa shape index (κ3) is 5.11. The van der Waals surface area contributed by atoms with Crippen molar-refractivity contribution < 1.29 is 4.74 Å². The number of hydrogen-bond donors (Lipinski definition) is 0. The van der Waals surface area contributed by atoms with Gasteiger partial charge in [0.05, 0.1) is 22.7 Å². The predicted molar refractivity (Wildman–Crippen MR) is 256 cm³/mol. The van der Waals surface area contributed by atoms with E-state index in [4.69, 9.17) is 4.74 Å². The van der Waals surface area contributed by atoms with E-state index in [2.05, 4.69) is 113 Å². The van der Waals surface area contributed by atoms with Crippen molar-refractivity contribution in [3.8, 4) is 33.8 Å². The van der Waals surface area contributed by atoms with Crippen LogP contribution in [-0.4, -0.2) is 0 Å². The highest BCUT2D eigenvalue weighted by Gasteiger charge is 2.29. The van der Waals surface area contributed by atoms with E-state index in [0.717, 1.165) is 99.2 Å². The van der Waals surface area contributed by atoms with Crippen molar-refractivity contribution in [1.82, 2.24) is 0 Å². The Morgan fingerprint density at radius 3 is 1.37 bits per heavy atom. The van der Waals surface area contributed by atoms with Crippen LogP contribution < -0.4 is 25.4 Å². The molecule has 13 rings (SSSR count).